The van der Waals surface area contributed by atoms with E-state index in [9.17, 15) is 4.79 Å². The lowest BCUT2D eigenvalue weighted by Gasteiger charge is -2.35. The predicted molar refractivity (Wildman–Crippen MR) is 124 cm³/mol. The molecule has 1 fully saturated rings. The average Bonchev–Trinajstić information content (AvgIpc) is 3.32. The SMILES string of the molecule is CCOc1ccc(-c2cc(N3CCN(C(=O)c4ccc5nsnc5c4)CC3)ncn2)cc1. The van der Waals surface area contributed by atoms with Crippen molar-refractivity contribution in [3.63, 3.8) is 0 Å². The second-order valence-corrected chi connectivity index (χ2v) is 7.99. The van der Waals surface area contributed by atoms with E-state index in [0.717, 1.165) is 45.6 Å². The number of ether oxygens (including phenoxy) is 1. The number of rotatable bonds is 5. The first-order valence-electron chi connectivity index (χ1n) is 10.5. The molecule has 2 aromatic carbocycles. The second-order valence-electron chi connectivity index (χ2n) is 7.47. The summed E-state index contributed by atoms with van der Waals surface area (Å²) in [5, 5.41) is 0. The Balaban J connectivity index is 1.26. The van der Waals surface area contributed by atoms with E-state index < -0.39 is 0 Å². The van der Waals surface area contributed by atoms with Crippen molar-refractivity contribution in [3.8, 4) is 17.0 Å². The van der Waals surface area contributed by atoms with E-state index in [4.69, 9.17) is 4.74 Å². The molecule has 0 radical (unpaired) electrons. The number of fused-ring (bicyclic) bond motifs is 1. The van der Waals surface area contributed by atoms with Gasteiger partial charge in [-0.3, -0.25) is 4.79 Å². The van der Waals surface area contributed by atoms with E-state index in [1.165, 1.54) is 0 Å². The van der Waals surface area contributed by atoms with Gasteiger partial charge in [-0.2, -0.15) is 8.75 Å². The molecule has 1 amide bonds. The summed E-state index contributed by atoms with van der Waals surface area (Å²) < 4.78 is 13.9. The molecule has 0 atom stereocenters. The van der Waals surface area contributed by atoms with Gasteiger partial charge in [0.25, 0.3) is 5.91 Å². The second kappa shape index (κ2) is 8.88. The number of aromatic nitrogens is 4. The Morgan fingerprint density at radius 1 is 0.969 bits per heavy atom. The zero-order valence-electron chi connectivity index (χ0n) is 17.6. The molecule has 1 saturated heterocycles. The Bertz CT molecular complexity index is 1230. The van der Waals surface area contributed by atoms with E-state index in [0.29, 0.717) is 38.3 Å². The molecular weight excluding hydrogens is 424 g/mol. The van der Waals surface area contributed by atoms with Crippen molar-refractivity contribution >= 4 is 34.5 Å². The molecule has 3 heterocycles. The van der Waals surface area contributed by atoms with Crippen molar-refractivity contribution in [2.45, 2.75) is 6.92 Å². The fourth-order valence-electron chi connectivity index (χ4n) is 3.80. The molecular formula is C23H22N6O2S. The van der Waals surface area contributed by atoms with E-state index in [-0.39, 0.29) is 5.91 Å². The van der Waals surface area contributed by atoms with Crippen LogP contribution in [0.5, 0.6) is 5.75 Å². The van der Waals surface area contributed by atoms with Gasteiger partial charge in [0.15, 0.2) is 0 Å². The Morgan fingerprint density at radius 2 is 1.75 bits per heavy atom. The maximum absolute atomic E-state index is 12.9. The summed E-state index contributed by atoms with van der Waals surface area (Å²) in [6.07, 6.45) is 1.59. The summed E-state index contributed by atoms with van der Waals surface area (Å²) in [7, 11) is 0. The normalized spacial score (nSPS) is 14.0. The van der Waals surface area contributed by atoms with Crippen LogP contribution in [0, 0.1) is 0 Å². The Hall–Kier alpha value is -3.59. The highest BCUT2D eigenvalue weighted by Crippen LogP contribution is 2.24. The minimum absolute atomic E-state index is 0.0253. The highest BCUT2D eigenvalue weighted by atomic mass is 32.1. The molecule has 5 rings (SSSR count). The van der Waals surface area contributed by atoms with E-state index >= 15 is 0 Å². The van der Waals surface area contributed by atoms with Gasteiger partial charge in [0.05, 0.1) is 24.0 Å². The number of carbonyl (C=O) groups excluding carboxylic acids is 1. The lowest BCUT2D eigenvalue weighted by molar-refractivity contribution is 0.0746. The van der Waals surface area contributed by atoms with Crippen LogP contribution in [0.2, 0.25) is 0 Å². The molecule has 1 aliphatic heterocycles. The standard InChI is InChI=1S/C23H22N6O2S/c1-2-31-18-6-3-16(4-7-18)20-14-22(25-15-24-20)28-9-11-29(12-10-28)23(30)17-5-8-19-21(13-17)27-32-26-19/h3-8,13-15H,2,9-12H2,1H3. The van der Waals surface area contributed by atoms with Gasteiger partial charge in [0, 0.05) is 43.4 Å². The van der Waals surface area contributed by atoms with Crippen LogP contribution in [0.3, 0.4) is 0 Å². The van der Waals surface area contributed by atoms with Crippen molar-refractivity contribution in [3.05, 3.63) is 60.4 Å². The largest absolute Gasteiger partial charge is 0.494 e. The summed E-state index contributed by atoms with van der Waals surface area (Å²) in [4.78, 5) is 25.9. The minimum Gasteiger partial charge on any atom is -0.494 e. The van der Waals surface area contributed by atoms with Crippen LogP contribution in [0.4, 0.5) is 5.82 Å². The zero-order valence-corrected chi connectivity index (χ0v) is 18.5. The van der Waals surface area contributed by atoms with Gasteiger partial charge in [-0.25, -0.2) is 9.97 Å². The Kier molecular flexibility index (Phi) is 5.64. The molecule has 0 saturated carbocycles. The third kappa shape index (κ3) is 4.11. The van der Waals surface area contributed by atoms with Gasteiger partial charge in [-0.15, -0.1) is 0 Å². The summed E-state index contributed by atoms with van der Waals surface area (Å²) in [6.45, 7) is 5.30. The number of nitrogens with zero attached hydrogens (tertiary/aromatic N) is 6. The van der Waals surface area contributed by atoms with Gasteiger partial charge < -0.3 is 14.5 Å². The maximum atomic E-state index is 12.9. The summed E-state index contributed by atoms with van der Waals surface area (Å²) in [6, 6.07) is 15.4. The molecule has 32 heavy (non-hydrogen) atoms. The molecule has 9 heteroatoms. The molecule has 0 spiro atoms. The first-order valence-corrected chi connectivity index (χ1v) is 11.3. The quantitative estimate of drug-likeness (QED) is 0.464. The maximum Gasteiger partial charge on any atom is 0.254 e. The lowest BCUT2D eigenvalue weighted by Crippen LogP contribution is -2.49. The number of benzene rings is 2. The predicted octanol–water partition coefficient (Wildman–Crippen LogP) is 3.51. The molecule has 0 N–H and O–H groups in total. The van der Waals surface area contributed by atoms with E-state index in [1.54, 1.807) is 6.33 Å². The number of hydrogen-bond donors (Lipinski definition) is 0. The lowest BCUT2D eigenvalue weighted by atomic mass is 10.1. The summed E-state index contributed by atoms with van der Waals surface area (Å²) >= 11 is 1.16. The van der Waals surface area contributed by atoms with Gasteiger partial charge in [-0.05, 0) is 49.4 Å². The fraction of sp³-hybridized carbons (Fsp3) is 0.261. The third-order valence-corrected chi connectivity index (χ3v) is 6.06. The number of piperazine rings is 1. The zero-order chi connectivity index (χ0) is 21.9. The highest BCUT2D eigenvalue weighted by Gasteiger charge is 2.23. The van der Waals surface area contributed by atoms with Crippen LogP contribution >= 0.6 is 11.7 Å². The molecule has 0 aliphatic carbocycles. The van der Waals surface area contributed by atoms with Crippen molar-refractivity contribution in [2.75, 3.05) is 37.7 Å². The minimum atomic E-state index is 0.0253. The van der Waals surface area contributed by atoms with Gasteiger partial charge >= 0.3 is 0 Å². The Labute approximate surface area is 189 Å². The van der Waals surface area contributed by atoms with Crippen LogP contribution in [0.15, 0.2) is 54.9 Å². The number of carbonyl (C=O) groups is 1. The molecule has 0 bridgehead atoms. The summed E-state index contributed by atoms with van der Waals surface area (Å²) in [5.41, 5.74) is 4.11. The number of anilines is 1. The molecule has 162 valence electrons. The number of hydrogen-bond acceptors (Lipinski definition) is 8. The molecule has 1 aliphatic rings. The van der Waals surface area contributed by atoms with Gasteiger partial charge in [0.1, 0.15) is 28.9 Å². The van der Waals surface area contributed by atoms with Crippen molar-refractivity contribution in [1.82, 2.24) is 23.6 Å². The Morgan fingerprint density at radius 3 is 2.53 bits per heavy atom. The summed E-state index contributed by atoms with van der Waals surface area (Å²) in [5.74, 6) is 1.74. The van der Waals surface area contributed by atoms with Crippen molar-refractivity contribution in [2.24, 2.45) is 0 Å². The molecule has 2 aromatic heterocycles. The van der Waals surface area contributed by atoms with Crippen LogP contribution < -0.4 is 9.64 Å². The first kappa shape index (κ1) is 20.3. The smallest absolute Gasteiger partial charge is 0.254 e. The third-order valence-electron chi connectivity index (χ3n) is 5.51. The molecule has 0 unspecified atom stereocenters. The van der Waals surface area contributed by atoms with Crippen LogP contribution in [0.1, 0.15) is 17.3 Å². The van der Waals surface area contributed by atoms with Gasteiger partial charge in [-0.1, -0.05) is 0 Å². The monoisotopic (exact) mass is 446 g/mol. The van der Waals surface area contributed by atoms with E-state index in [1.807, 2.05) is 60.4 Å². The van der Waals surface area contributed by atoms with E-state index in [2.05, 4.69) is 23.6 Å². The topological polar surface area (TPSA) is 84.3 Å². The molecule has 8 nitrogen and oxygen atoms in total. The van der Waals surface area contributed by atoms with Gasteiger partial charge in [0.2, 0.25) is 0 Å². The highest BCUT2D eigenvalue weighted by molar-refractivity contribution is 7.00. The van der Waals surface area contributed by atoms with Crippen LogP contribution in [-0.4, -0.2) is 62.3 Å². The fourth-order valence-corrected chi connectivity index (χ4v) is 4.32. The van der Waals surface area contributed by atoms with Crippen molar-refractivity contribution in [1.29, 1.82) is 0 Å². The van der Waals surface area contributed by atoms with Crippen molar-refractivity contribution < 1.29 is 9.53 Å². The van der Waals surface area contributed by atoms with Crippen LogP contribution in [0.25, 0.3) is 22.3 Å². The molecule has 4 aromatic rings. The average molecular weight is 447 g/mol. The van der Waals surface area contributed by atoms with Crippen LogP contribution in [-0.2, 0) is 0 Å². The number of amides is 1. The first-order chi connectivity index (χ1) is 15.7.